The first-order valence-corrected chi connectivity index (χ1v) is 6.66. The highest BCUT2D eigenvalue weighted by atomic mass is 32.1. The minimum absolute atomic E-state index is 0.116. The minimum atomic E-state index is -0.116. The number of likely N-dealkylation sites (tertiary alicyclic amines) is 1. The van der Waals surface area contributed by atoms with Gasteiger partial charge in [-0.1, -0.05) is 0 Å². The molecule has 0 saturated carbocycles. The molecule has 1 fully saturated rings. The summed E-state index contributed by atoms with van der Waals surface area (Å²) in [4.78, 5) is 16.2. The summed E-state index contributed by atoms with van der Waals surface area (Å²) in [5, 5.41) is 8.85. The third-order valence-electron chi connectivity index (χ3n) is 3.17. The van der Waals surface area contributed by atoms with E-state index in [-0.39, 0.29) is 17.9 Å². The van der Waals surface area contributed by atoms with Crippen LogP contribution in [0.5, 0.6) is 0 Å². The maximum atomic E-state index is 11.8. The van der Waals surface area contributed by atoms with Crippen LogP contribution in [0.2, 0.25) is 0 Å². The molecule has 1 amide bonds. The van der Waals surface area contributed by atoms with Gasteiger partial charge in [0.15, 0.2) is 0 Å². The van der Waals surface area contributed by atoms with Gasteiger partial charge in [0, 0.05) is 35.2 Å². The lowest BCUT2D eigenvalue weighted by molar-refractivity contribution is -0.129. The Labute approximate surface area is 106 Å². The van der Waals surface area contributed by atoms with Crippen molar-refractivity contribution in [1.29, 1.82) is 5.26 Å². The maximum absolute atomic E-state index is 11.8. The van der Waals surface area contributed by atoms with Crippen molar-refractivity contribution in [2.24, 2.45) is 5.92 Å². The molecule has 3 nitrogen and oxygen atoms in total. The summed E-state index contributed by atoms with van der Waals surface area (Å²) in [6.45, 7) is 4.75. The van der Waals surface area contributed by atoms with Gasteiger partial charge in [-0.25, -0.2) is 0 Å². The molecule has 2 rings (SSSR count). The maximum Gasteiger partial charge on any atom is 0.224 e. The van der Waals surface area contributed by atoms with Crippen molar-refractivity contribution in [2.75, 3.05) is 6.54 Å². The number of nitriles is 1. The molecule has 2 unspecified atom stereocenters. The van der Waals surface area contributed by atoms with Gasteiger partial charge >= 0.3 is 0 Å². The van der Waals surface area contributed by atoms with E-state index in [1.807, 2.05) is 4.90 Å². The number of carbonyl (C=O) groups excluding carboxylic acids is 1. The number of thiophene rings is 1. The van der Waals surface area contributed by atoms with Crippen LogP contribution in [0.1, 0.15) is 23.1 Å². The summed E-state index contributed by atoms with van der Waals surface area (Å²) >= 11 is 1.78. The first-order chi connectivity index (χ1) is 8.10. The Morgan fingerprint density at radius 1 is 1.65 bits per heavy atom. The monoisotopic (exact) mass is 248 g/mol. The largest absolute Gasteiger partial charge is 0.338 e. The van der Waals surface area contributed by atoms with Gasteiger partial charge in [0.1, 0.15) is 0 Å². The summed E-state index contributed by atoms with van der Waals surface area (Å²) in [5.74, 6) is 0.00681. The third-order valence-corrected chi connectivity index (χ3v) is 4.19. The summed E-state index contributed by atoms with van der Waals surface area (Å²) in [7, 11) is 0. The van der Waals surface area contributed by atoms with Crippen molar-refractivity contribution >= 4 is 17.2 Å². The second-order valence-corrected chi connectivity index (χ2v) is 6.01. The smallest absolute Gasteiger partial charge is 0.224 e. The van der Waals surface area contributed by atoms with E-state index in [2.05, 4.69) is 32.0 Å². The molecule has 0 spiro atoms. The zero-order chi connectivity index (χ0) is 12.4. The van der Waals surface area contributed by atoms with E-state index < -0.39 is 0 Å². The normalized spacial score (nSPS) is 21.6. The van der Waals surface area contributed by atoms with Crippen LogP contribution in [0.4, 0.5) is 0 Å². The van der Waals surface area contributed by atoms with Crippen molar-refractivity contribution in [1.82, 2.24) is 4.90 Å². The topological polar surface area (TPSA) is 44.1 Å². The third kappa shape index (κ3) is 2.67. The SMILES string of the molecule is Cc1ccc(CC(C)N2CC(C#N)CC2=O)s1. The highest BCUT2D eigenvalue weighted by molar-refractivity contribution is 7.11. The molecule has 4 heteroatoms. The Balaban J connectivity index is 1.99. The highest BCUT2D eigenvalue weighted by Gasteiger charge is 2.32. The Bertz CT molecular complexity index is 460. The summed E-state index contributed by atoms with van der Waals surface area (Å²) in [5.41, 5.74) is 0. The molecule has 2 atom stereocenters. The molecule has 1 aliphatic heterocycles. The number of hydrogen-bond acceptors (Lipinski definition) is 3. The van der Waals surface area contributed by atoms with Crippen molar-refractivity contribution in [3.8, 4) is 6.07 Å². The molecule has 1 aromatic rings. The fourth-order valence-electron chi connectivity index (χ4n) is 2.24. The molecule has 1 saturated heterocycles. The van der Waals surface area contributed by atoms with E-state index in [1.54, 1.807) is 11.3 Å². The van der Waals surface area contributed by atoms with Crippen molar-refractivity contribution in [2.45, 2.75) is 32.7 Å². The van der Waals surface area contributed by atoms with E-state index in [4.69, 9.17) is 5.26 Å². The molecule has 0 aromatic carbocycles. The molecular formula is C13H16N2OS. The molecule has 0 bridgehead atoms. The molecule has 90 valence electrons. The molecule has 1 aromatic heterocycles. The number of rotatable bonds is 3. The Morgan fingerprint density at radius 3 is 2.94 bits per heavy atom. The number of carbonyl (C=O) groups is 1. The summed E-state index contributed by atoms with van der Waals surface area (Å²) < 4.78 is 0. The second kappa shape index (κ2) is 4.89. The van der Waals surface area contributed by atoms with Crippen molar-refractivity contribution in [3.63, 3.8) is 0 Å². The van der Waals surface area contributed by atoms with Gasteiger partial charge in [0.05, 0.1) is 12.0 Å². The van der Waals surface area contributed by atoms with Gasteiger partial charge in [-0.05, 0) is 26.0 Å². The standard InChI is InChI=1S/C13H16N2OS/c1-9(5-12-4-3-10(2)17-12)15-8-11(7-14)6-13(15)16/h3-4,9,11H,5-6,8H2,1-2H3. The Hall–Kier alpha value is -1.34. The van der Waals surface area contributed by atoms with Crippen molar-refractivity contribution in [3.05, 3.63) is 21.9 Å². The Kier molecular flexibility index (Phi) is 3.49. The summed E-state index contributed by atoms with van der Waals surface area (Å²) in [6.07, 6.45) is 1.28. The van der Waals surface area contributed by atoms with E-state index >= 15 is 0 Å². The quantitative estimate of drug-likeness (QED) is 0.824. The van der Waals surface area contributed by atoms with Crippen LogP contribution in [-0.4, -0.2) is 23.4 Å². The van der Waals surface area contributed by atoms with Crippen LogP contribution in [0.15, 0.2) is 12.1 Å². The van der Waals surface area contributed by atoms with Gasteiger partial charge in [-0.2, -0.15) is 5.26 Å². The van der Waals surface area contributed by atoms with Gasteiger partial charge in [-0.15, -0.1) is 11.3 Å². The number of hydrogen-bond donors (Lipinski definition) is 0. The lowest BCUT2D eigenvalue weighted by atomic mass is 10.1. The first-order valence-electron chi connectivity index (χ1n) is 5.84. The number of nitrogens with zero attached hydrogens (tertiary/aromatic N) is 2. The van der Waals surface area contributed by atoms with Crippen LogP contribution in [-0.2, 0) is 11.2 Å². The predicted octanol–water partition coefficient (Wildman–Crippen LogP) is 2.36. The molecular weight excluding hydrogens is 232 g/mol. The molecule has 2 heterocycles. The average molecular weight is 248 g/mol. The highest BCUT2D eigenvalue weighted by Crippen LogP contribution is 2.23. The average Bonchev–Trinajstić information content (AvgIpc) is 2.85. The number of aryl methyl sites for hydroxylation is 1. The molecule has 1 aliphatic rings. The van der Waals surface area contributed by atoms with Crippen molar-refractivity contribution < 1.29 is 4.79 Å². The van der Waals surface area contributed by atoms with Crippen LogP contribution >= 0.6 is 11.3 Å². The van der Waals surface area contributed by atoms with Crippen LogP contribution in [0.3, 0.4) is 0 Å². The lowest BCUT2D eigenvalue weighted by Gasteiger charge is -2.23. The van der Waals surface area contributed by atoms with Crippen LogP contribution in [0.25, 0.3) is 0 Å². The van der Waals surface area contributed by atoms with E-state index in [1.165, 1.54) is 9.75 Å². The molecule has 0 radical (unpaired) electrons. The van der Waals surface area contributed by atoms with E-state index in [0.29, 0.717) is 13.0 Å². The van der Waals surface area contributed by atoms with Gasteiger partial charge in [0.2, 0.25) is 5.91 Å². The zero-order valence-electron chi connectivity index (χ0n) is 10.1. The van der Waals surface area contributed by atoms with Crippen LogP contribution in [0, 0.1) is 24.2 Å². The fourth-order valence-corrected chi connectivity index (χ4v) is 3.25. The fraction of sp³-hybridized carbons (Fsp3) is 0.538. The lowest BCUT2D eigenvalue weighted by Crippen LogP contribution is -2.35. The minimum Gasteiger partial charge on any atom is -0.338 e. The second-order valence-electron chi connectivity index (χ2n) is 4.64. The first kappa shape index (κ1) is 12.1. The van der Waals surface area contributed by atoms with Gasteiger partial charge in [-0.3, -0.25) is 4.79 Å². The number of amides is 1. The molecule has 0 N–H and O–H groups in total. The van der Waals surface area contributed by atoms with Gasteiger partial charge in [0.25, 0.3) is 0 Å². The zero-order valence-corrected chi connectivity index (χ0v) is 11.0. The van der Waals surface area contributed by atoms with Crippen LogP contribution < -0.4 is 0 Å². The molecule has 17 heavy (non-hydrogen) atoms. The van der Waals surface area contributed by atoms with E-state index in [9.17, 15) is 4.79 Å². The Morgan fingerprint density at radius 2 is 2.41 bits per heavy atom. The molecule has 0 aliphatic carbocycles. The predicted molar refractivity (Wildman–Crippen MR) is 67.7 cm³/mol. The van der Waals surface area contributed by atoms with Gasteiger partial charge < -0.3 is 4.90 Å². The summed E-state index contributed by atoms with van der Waals surface area (Å²) in [6, 6.07) is 6.61. The van der Waals surface area contributed by atoms with E-state index in [0.717, 1.165) is 6.42 Å².